The Balaban J connectivity index is 2.11. The summed E-state index contributed by atoms with van der Waals surface area (Å²) >= 11 is 4.93. The summed E-state index contributed by atoms with van der Waals surface area (Å²) in [5.74, 6) is 0.302. The van der Waals surface area contributed by atoms with Gasteiger partial charge in [0.25, 0.3) is 0 Å². The van der Waals surface area contributed by atoms with E-state index in [2.05, 4.69) is 22.9 Å². The van der Waals surface area contributed by atoms with Gasteiger partial charge in [0.1, 0.15) is 12.4 Å². The molecule has 152 valence electrons. The van der Waals surface area contributed by atoms with Crippen molar-refractivity contribution in [3.05, 3.63) is 55.7 Å². The molecule has 3 nitrogen and oxygen atoms in total. The van der Waals surface area contributed by atoms with E-state index in [0.29, 0.717) is 21.8 Å². The molecule has 0 aliphatic carbocycles. The van der Waals surface area contributed by atoms with Crippen LogP contribution in [0.25, 0.3) is 6.08 Å². The zero-order chi connectivity index (χ0) is 20.7. The number of carbonyl (C=O) groups is 1. The Bertz CT molecular complexity index is 844. The lowest BCUT2D eigenvalue weighted by Gasteiger charge is -2.11. The van der Waals surface area contributed by atoms with Crippen molar-refractivity contribution in [2.75, 3.05) is 13.7 Å². The standard InChI is InChI=1S/C20H20BrF3O3S/c1-3-4-18-15(21)10-19(28-18)16(25)7-5-13-6-8-17(26-2)14(9-13)11-27-12-20(22,23)24/h5-10H,3-4,11-12H2,1-2H3/b7-5+. The molecule has 0 saturated carbocycles. The van der Waals surface area contributed by atoms with Crippen molar-refractivity contribution >= 4 is 39.1 Å². The minimum Gasteiger partial charge on any atom is -0.496 e. The number of aryl methyl sites for hydroxylation is 1. The number of rotatable bonds is 9. The first-order valence-electron chi connectivity index (χ1n) is 8.55. The molecule has 1 aromatic carbocycles. The monoisotopic (exact) mass is 476 g/mol. The summed E-state index contributed by atoms with van der Waals surface area (Å²) in [4.78, 5) is 14.2. The van der Waals surface area contributed by atoms with Gasteiger partial charge in [-0.2, -0.15) is 13.2 Å². The highest BCUT2D eigenvalue weighted by molar-refractivity contribution is 9.10. The normalized spacial score (nSPS) is 11.9. The number of methoxy groups -OCH3 is 1. The van der Waals surface area contributed by atoms with E-state index in [1.165, 1.54) is 24.5 Å². The molecular formula is C20H20BrF3O3S. The number of allylic oxidation sites excluding steroid dienone is 1. The van der Waals surface area contributed by atoms with E-state index >= 15 is 0 Å². The summed E-state index contributed by atoms with van der Waals surface area (Å²) < 4.78 is 47.6. The summed E-state index contributed by atoms with van der Waals surface area (Å²) in [5, 5.41) is 0. The molecule has 28 heavy (non-hydrogen) atoms. The minimum absolute atomic E-state index is 0.126. The van der Waals surface area contributed by atoms with Crippen molar-refractivity contribution in [3.8, 4) is 5.75 Å². The second-order valence-corrected chi connectivity index (χ2v) is 8.00. The smallest absolute Gasteiger partial charge is 0.411 e. The summed E-state index contributed by atoms with van der Waals surface area (Å²) in [6, 6.07) is 6.82. The molecule has 0 N–H and O–H groups in total. The number of ketones is 1. The van der Waals surface area contributed by atoms with Crippen molar-refractivity contribution in [1.82, 2.24) is 0 Å². The zero-order valence-corrected chi connectivity index (χ0v) is 17.8. The molecule has 2 aromatic rings. The highest BCUT2D eigenvalue weighted by atomic mass is 79.9. The van der Waals surface area contributed by atoms with Gasteiger partial charge in [-0.3, -0.25) is 4.79 Å². The quantitative estimate of drug-likeness (QED) is 0.308. The maximum atomic E-state index is 12.4. The van der Waals surface area contributed by atoms with Crippen LogP contribution in [0.3, 0.4) is 0 Å². The number of halogens is 4. The van der Waals surface area contributed by atoms with Crippen molar-refractivity contribution in [1.29, 1.82) is 0 Å². The Labute approximate surface area is 174 Å². The van der Waals surface area contributed by atoms with Crippen LogP contribution in [-0.2, 0) is 17.8 Å². The Morgan fingerprint density at radius 3 is 2.68 bits per heavy atom. The molecule has 8 heteroatoms. The largest absolute Gasteiger partial charge is 0.496 e. The Kier molecular flexibility index (Phi) is 8.27. The Morgan fingerprint density at radius 1 is 1.29 bits per heavy atom. The van der Waals surface area contributed by atoms with Gasteiger partial charge in [0, 0.05) is 14.9 Å². The molecule has 1 aromatic heterocycles. The maximum absolute atomic E-state index is 12.4. The SMILES string of the molecule is CCCc1sc(C(=O)/C=C/c2ccc(OC)c(COCC(F)(F)F)c2)cc1Br. The average molecular weight is 477 g/mol. The number of hydrogen-bond acceptors (Lipinski definition) is 4. The van der Waals surface area contributed by atoms with Gasteiger partial charge < -0.3 is 9.47 Å². The average Bonchev–Trinajstić information content (AvgIpc) is 3.00. The van der Waals surface area contributed by atoms with Crippen LogP contribution in [0.1, 0.15) is 39.0 Å². The van der Waals surface area contributed by atoms with Gasteiger partial charge >= 0.3 is 6.18 Å². The van der Waals surface area contributed by atoms with Crippen LogP contribution < -0.4 is 4.74 Å². The molecule has 0 saturated heterocycles. The van der Waals surface area contributed by atoms with Crippen LogP contribution in [0.2, 0.25) is 0 Å². The van der Waals surface area contributed by atoms with Gasteiger partial charge in [-0.25, -0.2) is 0 Å². The number of thiophene rings is 1. The molecule has 0 spiro atoms. The van der Waals surface area contributed by atoms with Crippen LogP contribution in [0.4, 0.5) is 13.2 Å². The van der Waals surface area contributed by atoms with Crippen LogP contribution in [0.5, 0.6) is 5.75 Å². The van der Waals surface area contributed by atoms with Gasteiger partial charge in [0.15, 0.2) is 5.78 Å². The van der Waals surface area contributed by atoms with Crippen LogP contribution in [0.15, 0.2) is 34.8 Å². The summed E-state index contributed by atoms with van der Waals surface area (Å²) in [6.45, 7) is 0.506. The lowest BCUT2D eigenvalue weighted by atomic mass is 10.1. The fraction of sp³-hybridized carbons (Fsp3) is 0.350. The summed E-state index contributed by atoms with van der Waals surface area (Å²) in [7, 11) is 1.43. The predicted molar refractivity (Wildman–Crippen MR) is 108 cm³/mol. The number of carbonyl (C=O) groups excluding carboxylic acids is 1. The second kappa shape index (κ2) is 10.2. The third-order valence-corrected chi connectivity index (χ3v) is 5.91. The first-order chi connectivity index (χ1) is 13.2. The molecule has 1 heterocycles. The topological polar surface area (TPSA) is 35.5 Å². The van der Waals surface area contributed by atoms with E-state index in [9.17, 15) is 18.0 Å². The number of alkyl halides is 3. The number of hydrogen-bond donors (Lipinski definition) is 0. The van der Waals surface area contributed by atoms with E-state index in [-0.39, 0.29) is 12.4 Å². The molecule has 0 unspecified atom stereocenters. The molecule has 0 aliphatic heterocycles. The van der Waals surface area contributed by atoms with Crippen LogP contribution >= 0.6 is 27.3 Å². The Morgan fingerprint density at radius 2 is 2.04 bits per heavy atom. The van der Waals surface area contributed by atoms with E-state index in [1.54, 1.807) is 24.3 Å². The molecule has 0 bridgehead atoms. The van der Waals surface area contributed by atoms with E-state index in [4.69, 9.17) is 9.47 Å². The minimum atomic E-state index is -4.39. The lowest BCUT2D eigenvalue weighted by molar-refractivity contribution is -0.176. The van der Waals surface area contributed by atoms with Crippen LogP contribution in [-0.4, -0.2) is 25.7 Å². The highest BCUT2D eigenvalue weighted by Gasteiger charge is 2.27. The maximum Gasteiger partial charge on any atom is 0.411 e. The molecule has 0 fully saturated rings. The molecule has 0 radical (unpaired) electrons. The van der Waals surface area contributed by atoms with Gasteiger partial charge in [-0.15, -0.1) is 11.3 Å². The van der Waals surface area contributed by atoms with Gasteiger partial charge in [-0.05, 0) is 52.2 Å². The first kappa shape index (κ1) is 22.6. The van der Waals surface area contributed by atoms with Crippen LogP contribution in [0, 0.1) is 0 Å². The molecular weight excluding hydrogens is 457 g/mol. The van der Waals surface area contributed by atoms with Gasteiger partial charge in [0.2, 0.25) is 0 Å². The first-order valence-corrected chi connectivity index (χ1v) is 10.2. The van der Waals surface area contributed by atoms with E-state index in [1.807, 2.05) is 6.07 Å². The Hall–Kier alpha value is -1.64. The molecule has 0 atom stereocenters. The van der Waals surface area contributed by atoms with Crippen molar-refractivity contribution in [2.45, 2.75) is 32.5 Å². The third kappa shape index (κ3) is 6.76. The number of ether oxygens (including phenoxy) is 2. The second-order valence-electron chi connectivity index (χ2n) is 6.01. The van der Waals surface area contributed by atoms with Crippen molar-refractivity contribution in [3.63, 3.8) is 0 Å². The third-order valence-electron chi connectivity index (χ3n) is 3.73. The molecule has 2 rings (SSSR count). The lowest BCUT2D eigenvalue weighted by Crippen LogP contribution is -2.16. The van der Waals surface area contributed by atoms with Gasteiger partial charge in [0.05, 0.1) is 18.6 Å². The fourth-order valence-corrected chi connectivity index (χ4v) is 4.37. The zero-order valence-electron chi connectivity index (χ0n) is 15.4. The fourth-order valence-electron chi connectivity index (χ4n) is 2.47. The van der Waals surface area contributed by atoms with E-state index < -0.39 is 12.8 Å². The summed E-state index contributed by atoms with van der Waals surface area (Å²) in [5.41, 5.74) is 1.15. The van der Waals surface area contributed by atoms with Crippen molar-refractivity contribution < 1.29 is 27.4 Å². The number of benzene rings is 1. The molecule has 0 aliphatic rings. The predicted octanol–water partition coefficient (Wildman–Crippen LogP) is 6.45. The van der Waals surface area contributed by atoms with Gasteiger partial charge in [-0.1, -0.05) is 25.5 Å². The highest BCUT2D eigenvalue weighted by Crippen LogP contribution is 2.29. The summed E-state index contributed by atoms with van der Waals surface area (Å²) in [6.07, 6.45) is 0.594. The van der Waals surface area contributed by atoms with E-state index in [0.717, 1.165) is 22.2 Å². The van der Waals surface area contributed by atoms with Crippen molar-refractivity contribution in [2.24, 2.45) is 0 Å². The molecule has 0 amide bonds.